The molecular formula is C19H33N3O3S2. The van der Waals surface area contributed by atoms with E-state index < -0.39 is 10.0 Å². The molecule has 0 aliphatic heterocycles. The number of nitrogens with one attached hydrogen (secondary N) is 1. The Hall–Kier alpha value is -0.960. The quantitative estimate of drug-likeness (QED) is 0.630. The van der Waals surface area contributed by atoms with Gasteiger partial charge < -0.3 is 10.2 Å². The zero-order chi connectivity index (χ0) is 19.9. The smallest absolute Gasteiger partial charge is 0.252 e. The van der Waals surface area contributed by atoms with E-state index in [-0.39, 0.29) is 11.4 Å². The van der Waals surface area contributed by atoms with E-state index in [0.29, 0.717) is 30.1 Å². The summed E-state index contributed by atoms with van der Waals surface area (Å²) in [6.45, 7) is 1.01. The van der Waals surface area contributed by atoms with Gasteiger partial charge in [0.2, 0.25) is 5.91 Å². The largest absolute Gasteiger partial charge is 0.354 e. The molecule has 1 aromatic heterocycles. The molecule has 1 fully saturated rings. The standard InChI is InChI=1S/C19H33N3O3S2/c1-21(2)19(12-6-4-5-7-13-19)16-20-17(23)10-8-14-22(3)27(24,25)18-11-9-15-26-18/h9,11,15H,4-8,10,12-14,16H2,1-3H3,(H,20,23). The van der Waals surface area contributed by atoms with Crippen molar-refractivity contribution < 1.29 is 13.2 Å². The van der Waals surface area contributed by atoms with Crippen molar-refractivity contribution >= 4 is 27.3 Å². The highest BCUT2D eigenvalue weighted by Crippen LogP contribution is 2.30. The van der Waals surface area contributed by atoms with Crippen molar-refractivity contribution in [3.05, 3.63) is 17.5 Å². The van der Waals surface area contributed by atoms with E-state index in [2.05, 4.69) is 24.3 Å². The van der Waals surface area contributed by atoms with Crippen LogP contribution in [0.15, 0.2) is 21.7 Å². The molecule has 1 N–H and O–H groups in total. The molecule has 2 rings (SSSR count). The number of sulfonamides is 1. The molecule has 0 bridgehead atoms. The average molecular weight is 416 g/mol. The molecule has 8 heteroatoms. The third-order valence-electron chi connectivity index (χ3n) is 5.63. The Labute approximate surface area is 168 Å². The van der Waals surface area contributed by atoms with Crippen molar-refractivity contribution in [2.75, 3.05) is 34.2 Å². The minimum atomic E-state index is -3.43. The molecule has 0 aromatic carbocycles. The van der Waals surface area contributed by atoms with Crippen LogP contribution in [0.5, 0.6) is 0 Å². The number of carbonyl (C=O) groups is 1. The number of rotatable bonds is 9. The second-order valence-corrected chi connectivity index (χ2v) is 10.9. The van der Waals surface area contributed by atoms with Crippen molar-refractivity contribution in [1.29, 1.82) is 0 Å². The molecular weight excluding hydrogens is 382 g/mol. The highest BCUT2D eigenvalue weighted by atomic mass is 32.2. The molecule has 0 radical (unpaired) electrons. The van der Waals surface area contributed by atoms with Crippen LogP contribution in [0.4, 0.5) is 0 Å². The molecule has 1 amide bonds. The third-order valence-corrected chi connectivity index (χ3v) is 8.86. The summed E-state index contributed by atoms with van der Waals surface area (Å²) in [5.74, 6) is 0.00222. The van der Waals surface area contributed by atoms with Gasteiger partial charge in [0.15, 0.2) is 0 Å². The summed E-state index contributed by atoms with van der Waals surface area (Å²) in [6, 6.07) is 3.34. The lowest BCUT2D eigenvalue weighted by atomic mass is 9.88. The van der Waals surface area contributed by atoms with Gasteiger partial charge in [-0.25, -0.2) is 12.7 Å². The first kappa shape index (κ1) is 22.3. The second kappa shape index (κ2) is 10.0. The van der Waals surface area contributed by atoms with Gasteiger partial charge in [-0.05, 0) is 44.8 Å². The zero-order valence-electron chi connectivity index (χ0n) is 16.7. The van der Waals surface area contributed by atoms with Crippen LogP contribution in [-0.2, 0) is 14.8 Å². The summed E-state index contributed by atoms with van der Waals surface area (Å²) in [7, 11) is 2.33. The number of likely N-dealkylation sites (N-methyl/N-ethyl adjacent to an activating group) is 1. The molecule has 6 nitrogen and oxygen atoms in total. The Balaban J connectivity index is 1.78. The first-order chi connectivity index (χ1) is 12.8. The van der Waals surface area contributed by atoms with E-state index in [0.717, 1.165) is 12.8 Å². The first-order valence-electron chi connectivity index (χ1n) is 9.72. The van der Waals surface area contributed by atoms with Crippen LogP contribution in [0.2, 0.25) is 0 Å². The van der Waals surface area contributed by atoms with Gasteiger partial charge in [-0.1, -0.05) is 31.7 Å². The van der Waals surface area contributed by atoms with Gasteiger partial charge in [0.05, 0.1) is 0 Å². The molecule has 0 saturated heterocycles. The monoisotopic (exact) mass is 415 g/mol. The van der Waals surface area contributed by atoms with Gasteiger partial charge in [-0.3, -0.25) is 4.79 Å². The summed E-state index contributed by atoms with van der Waals surface area (Å²) in [5, 5.41) is 4.85. The molecule has 1 aromatic rings. The lowest BCUT2D eigenvalue weighted by Crippen LogP contribution is -2.52. The molecule has 1 heterocycles. The fourth-order valence-electron chi connectivity index (χ4n) is 3.67. The minimum absolute atomic E-state index is 0.00222. The highest BCUT2D eigenvalue weighted by molar-refractivity contribution is 7.91. The molecule has 0 atom stereocenters. The number of hydrogen-bond acceptors (Lipinski definition) is 5. The van der Waals surface area contributed by atoms with Crippen LogP contribution >= 0.6 is 11.3 Å². The lowest BCUT2D eigenvalue weighted by Gasteiger charge is -2.39. The summed E-state index contributed by atoms with van der Waals surface area (Å²) in [5.41, 5.74) is 0.0471. The van der Waals surface area contributed by atoms with Crippen molar-refractivity contribution in [2.24, 2.45) is 0 Å². The highest BCUT2D eigenvalue weighted by Gasteiger charge is 2.33. The Morgan fingerprint density at radius 1 is 1.19 bits per heavy atom. The molecule has 1 saturated carbocycles. The number of nitrogens with zero attached hydrogens (tertiary/aromatic N) is 2. The zero-order valence-corrected chi connectivity index (χ0v) is 18.4. The number of thiophene rings is 1. The Bertz CT molecular complexity index is 679. The van der Waals surface area contributed by atoms with Crippen molar-refractivity contribution in [1.82, 2.24) is 14.5 Å². The van der Waals surface area contributed by atoms with Crippen LogP contribution < -0.4 is 5.32 Å². The molecule has 1 aliphatic rings. The number of carbonyl (C=O) groups excluding carboxylic acids is 1. The third kappa shape index (κ3) is 6.01. The Morgan fingerprint density at radius 2 is 1.85 bits per heavy atom. The SMILES string of the molecule is CN(C)C1(CNC(=O)CCCN(C)S(=O)(=O)c2cccs2)CCCCCC1. The van der Waals surface area contributed by atoms with E-state index in [1.807, 2.05) is 0 Å². The molecule has 0 unspecified atom stereocenters. The van der Waals surface area contributed by atoms with E-state index in [1.165, 1.54) is 41.3 Å². The molecule has 154 valence electrons. The van der Waals surface area contributed by atoms with Crippen molar-refractivity contribution in [3.63, 3.8) is 0 Å². The molecule has 1 aliphatic carbocycles. The molecule has 0 spiro atoms. The minimum Gasteiger partial charge on any atom is -0.354 e. The number of hydrogen-bond donors (Lipinski definition) is 1. The predicted molar refractivity (Wildman–Crippen MR) is 110 cm³/mol. The maximum atomic E-state index is 12.4. The van der Waals surface area contributed by atoms with Crippen LogP contribution in [0.25, 0.3) is 0 Å². The Kier molecular flexibility index (Phi) is 8.27. The van der Waals surface area contributed by atoms with Gasteiger partial charge in [0.25, 0.3) is 10.0 Å². The van der Waals surface area contributed by atoms with Gasteiger partial charge in [0.1, 0.15) is 4.21 Å². The average Bonchev–Trinajstić information content (AvgIpc) is 3.06. The maximum Gasteiger partial charge on any atom is 0.252 e. The summed E-state index contributed by atoms with van der Waals surface area (Å²) in [4.78, 5) is 14.6. The molecule has 27 heavy (non-hydrogen) atoms. The van der Waals surface area contributed by atoms with Crippen LogP contribution in [-0.4, -0.2) is 63.3 Å². The van der Waals surface area contributed by atoms with E-state index in [9.17, 15) is 13.2 Å². The van der Waals surface area contributed by atoms with Gasteiger partial charge >= 0.3 is 0 Å². The fourth-order valence-corrected chi connectivity index (χ4v) is 6.08. The van der Waals surface area contributed by atoms with Crippen LogP contribution in [0, 0.1) is 0 Å². The predicted octanol–water partition coefficient (Wildman–Crippen LogP) is 2.92. The lowest BCUT2D eigenvalue weighted by molar-refractivity contribution is -0.121. The van der Waals surface area contributed by atoms with E-state index in [4.69, 9.17) is 0 Å². The maximum absolute atomic E-state index is 12.4. The van der Waals surface area contributed by atoms with E-state index in [1.54, 1.807) is 24.6 Å². The van der Waals surface area contributed by atoms with Gasteiger partial charge in [-0.2, -0.15) is 0 Å². The van der Waals surface area contributed by atoms with Crippen molar-refractivity contribution in [2.45, 2.75) is 61.1 Å². The summed E-state index contributed by atoms with van der Waals surface area (Å²) < 4.78 is 26.4. The second-order valence-electron chi connectivity index (χ2n) is 7.67. The topological polar surface area (TPSA) is 69.7 Å². The van der Waals surface area contributed by atoms with Gasteiger partial charge in [-0.15, -0.1) is 11.3 Å². The van der Waals surface area contributed by atoms with Crippen molar-refractivity contribution in [3.8, 4) is 0 Å². The first-order valence-corrected chi connectivity index (χ1v) is 12.0. The van der Waals surface area contributed by atoms with E-state index >= 15 is 0 Å². The normalized spacial score (nSPS) is 17.8. The Morgan fingerprint density at radius 3 is 2.41 bits per heavy atom. The fraction of sp³-hybridized carbons (Fsp3) is 0.737. The van der Waals surface area contributed by atoms with Crippen LogP contribution in [0.1, 0.15) is 51.4 Å². The summed E-state index contributed by atoms with van der Waals surface area (Å²) in [6.07, 6.45) is 8.04. The van der Waals surface area contributed by atoms with Crippen LogP contribution in [0.3, 0.4) is 0 Å². The number of amides is 1. The summed E-state index contributed by atoms with van der Waals surface area (Å²) >= 11 is 1.21. The van der Waals surface area contributed by atoms with Gasteiger partial charge in [0, 0.05) is 32.1 Å².